The second-order valence-corrected chi connectivity index (χ2v) is 8.50. The van der Waals surface area contributed by atoms with Gasteiger partial charge in [0, 0.05) is 60.3 Å². The lowest BCUT2D eigenvalue weighted by molar-refractivity contribution is 0.104. The highest BCUT2D eigenvalue weighted by atomic mass is 19.1. The second kappa shape index (κ2) is 7.59. The van der Waals surface area contributed by atoms with Crippen molar-refractivity contribution in [1.82, 2.24) is 14.4 Å². The molecule has 160 valence electrons. The number of anilines is 1. The van der Waals surface area contributed by atoms with E-state index in [-0.39, 0.29) is 11.3 Å². The van der Waals surface area contributed by atoms with Crippen molar-refractivity contribution in [2.75, 3.05) is 45.5 Å². The number of halogens is 1. The third-order valence-corrected chi connectivity index (χ3v) is 6.46. The summed E-state index contributed by atoms with van der Waals surface area (Å²) in [7, 11) is 2.12. The topological polar surface area (TPSA) is 71.6 Å². The summed E-state index contributed by atoms with van der Waals surface area (Å²) in [6.07, 6.45) is 0.786. The summed E-state index contributed by atoms with van der Waals surface area (Å²) < 4.78 is 15.6. The van der Waals surface area contributed by atoms with Crippen LogP contribution in [0.25, 0.3) is 22.0 Å². The molecule has 31 heavy (non-hydrogen) atoms. The maximum Gasteiger partial charge on any atom is 0.259 e. The molecule has 0 saturated carbocycles. The average molecular weight is 420 g/mol. The quantitative estimate of drug-likeness (QED) is 0.514. The minimum Gasteiger partial charge on any atom is -0.399 e. The summed E-state index contributed by atoms with van der Waals surface area (Å²) in [5.74, 6) is -0.704. The van der Waals surface area contributed by atoms with Crippen molar-refractivity contribution in [3.63, 3.8) is 0 Å². The Labute approximate surface area is 179 Å². The van der Waals surface area contributed by atoms with Crippen LogP contribution in [0.15, 0.2) is 41.2 Å². The monoisotopic (exact) mass is 420 g/mol. The van der Waals surface area contributed by atoms with Gasteiger partial charge in [-0.2, -0.15) is 0 Å². The van der Waals surface area contributed by atoms with Crippen LogP contribution in [-0.4, -0.2) is 59.9 Å². The van der Waals surface area contributed by atoms with Crippen molar-refractivity contribution in [2.24, 2.45) is 0 Å². The highest BCUT2D eigenvalue weighted by Crippen LogP contribution is 2.39. The molecule has 2 heterocycles. The van der Waals surface area contributed by atoms with Gasteiger partial charge < -0.3 is 20.1 Å². The summed E-state index contributed by atoms with van der Waals surface area (Å²) >= 11 is 0. The molecule has 1 fully saturated rings. The van der Waals surface area contributed by atoms with Crippen LogP contribution in [0.5, 0.6) is 0 Å². The summed E-state index contributed by atoms with van der Waals surface area (Å²) in [5.41, 5.74) is 8.25. The number of fused-ring (bicyclic) bond motifs is 5. The van der Waals surface area contributed by atoms with Crippen molar-refractivity contribution in [1.29, 1.82) is 0 Å². The summed E-state index contributed by atoms with van der Waals surface area (Å²) in [5, 5.41) is 1.01. The number of nitrogens with zero attached hydrogens (tertiary/aromatic N) is 3. The maximum absolute atomic E-state index is 13.9. The van der Waals surface area contributed by atoms with Gasteiger partial charge in [0.25, 0.3) is 5.56 Å². The van der Waals surface area contributed by atoms with Crippen LogP contribution in [0.2, 0.25) is 0 Å². The van der Waals surface area contributed by atoms with Gasteiger partial charge in [0.1, 0.15) is 5.82 Å². The minimum atomic E-state index is -0.461. The number of rotatable bonds is 4. The zero-order valence-corrected chi connectivity index (χ0v) is 17.5. The molecule has 0 bridgehead atoms. The number of benzene rings is 2. The third-order valence-electron chi connectivity index (χ3n) is 6.46. The Kier molecular flexibility index (Phi) is 4.87. The Hall–Kier alpha value is -3.03. The number of hydrogen-bond acceptors (Lipinski definition) is 5. The number of piperazine rings is 1. The molecule has 3 aromatic rings. The molecule has 6 nitrogen and oxygen atoms in total. The normalized spacial score (nSPS) is 16.6. The first-order valence-electron chi connectivity index (χ1n) is 10.7. The van der Waals surface area contributed by atoms with Gasteiger partial charge in [0.2, 0.25) is 0 Å². The van der Waals surface area contributed by atoms with Crippen LogP contribution in [0, 0.1) is 5.82 Å². The predicted molar refractivity (Wildman–Crippen MR) is 120 cm³/mol. The van der Waals surface area contributed by atoms with Gasteiger partial charge in [-0.15, -0.1) is 0 Å². The van der Waals surface area contributed by atoms with E-state index in [9.17, 15) is 14.0 Å². The lowest BCUT2D eigenvalue weighted by Gasteiger charge is -2.32. The van der Waals surface area contributed by atoms with Gasteiger partial charge in [0.05, 0.1) is 11.3 Å². The minimum absolute atomic E-state index is 0.163. The standard InChI is InChI=1S/C24H25FN4O2/c1-27-9-11-28(12-10-27)7-2-8-29-22-18-5-3-15(25)13-19(18)23(30)21(22)17-6-4-16(26)14-20(17)24(29)31/h3-6,13-14H,2,7-12,26H2,1H3. The van der Waals surface area contributed by atoms with Crippen LogP contribution < -0.4 is 11.3 Å². The van der Waals surface area contributed by atoms with Crippen LogP contribution >= 0.6 is 0 Å². The second-order valence-electron chi connectivity index (χ2n) is 8.50. The number of pyridine rings is 1. The van der Waals surface area contributed by atoms with E-state index in [1.54, 1.807) is 28.8 Å². The van der Waals surface area contributed by atoms with Crippen LogP contribution in [0.1, 0.15) is 22.3 Å². The highest BCUT2D eigenvalue weighted by molar-refractivity contribution is 6.26. The molecule has 0 unspecified atom stereocenters. The third kappa shape index (κ3) is 3.34. The van der Waals surface area contributed by atoms with Crippen molar-refractivity contribution >= 4 is 22.2 Å². The predicted octanol–water partition coefficient (Wildman–Crippen LogP) is 2.57. The van der Waals surface area contributed by atoms with E-state index in [2.05, 4.69) is 16.8 Å². The SMILES string of the molecule is CN1CCN(CCCn2c3c(c4ccc(N)cc4c2=O)C(=O)c2cc(F)ccc2-3)CC1. The van der Waals surface area contributed by atoms with Crippen molar-refractivity contribution in [3.8, 4) is 11.3 Å². The molecule has 2 aliphatic rings. The number of nitrogen functional groups attached to an aromatic ring is 1. The van der Waals surface area contributed by atoms with Gasteiger partial charge in [-0.25, -0.2) is 4.39 Å². The molecule has 1 aliphatic carbocycles. The molecule has 1 aliphatic heterocycles. The Morgan fingerprint density at radius 2 is 1.71 bits per heavy atom. The van der Waals surface area contributed by atoms with E-state index in [0.717, 1.165) is 39.1 Å². The average Bonchev–Trinajstić information content (AvgIpc) is 3.04. The smallest absolute Gasteiger partial charge is 0.259 e. The number of carbonyl (C=O) groups excluding carboxylic acids is 1. The van der Waals surface area contributed by atoms with E-state index < -0.39 is 5.82 Å². The van der Waals surface area contributed by atoms with E-state index in [0.29, 0.717) is 45.4 Å². The highest BCUT2D eigenvalue weighted by Gasteiger charge is 2.33. The number of hydrogen-bond donors (Lipinski definition) is 1. The van der Waals surface area contributed by atoms with Gasteiger partial charge in [-0.1, -0.05) is 6.07 Å². The van der Waals surface area contributed by atoms with Gasteiger partial charge in [-0.05, 0) is 50.3 Å². The summed E-state index contributed by atoms with van der Waals surface area (Å²) in [4.78, 5) is 31.4. The fourth-order valence-corrected chi connectivity index (χ4v) is 4.76. The van der Waals surface area contributed by atoms with Crippen molar-refractivity contribution < 1.29 is 9.18 Å². The van der Waals surface area contributed by atoms with E-state index in [1.807, 2.05) is 0 Å². The Morgan fingerprint density at radius 1 is 0.935 bits per heavy atom. The Bertz CT molecular complexity index is 1260. The first-order chi connectivity index (χ1) is 14.9. The molecule has 1 saturated heterocycles. The molecule has 1 aromatic heterocycles. The lowest BCUT2D eigenvalue weighted by atomic mass is 10.0. The fraction of sp³-hybridized carbons (Fsp3) is 0.333. The first-order valence-corrected chi connectivity index (χ1v) is 10.7. The largest absolute Gasteiger partial charge is 0.399 e. The fourth-order valence-electron chi connectivity index (χ4n) is 4.76. The molecule has 0 atom stereocenters. The molecular weight excluding hydrogens is 395 g/mol. The summed E-state index contributed by atoms with van der Waals surface area (Å²) in [6.45, 7) is 5.48. The van der Waals surface area contributed by atoms with Crippen LogP contribution in [0.3, 0.4) is 0 Å². The summed E-state index contributed by atoms with van der Waals surface area (Å²) in [6, 6.07) is 9.25. The molecule has 5 rings (SSSR count). The number of carbonyl (C=O) groups is 1. The molecule has 0 radical (unpaired) electrons. The van der Waals surface area contributed by atoms with Gasteiger partial charge in [-0.3, -0.25) is 9.59 Å². The van der Waals surface area contributed by atoms with Crippen molar-refractivity contribution in [3.05, 3.63) is 63.7 Å². The van der Waals surface area contributed by atoms with Crippen LogP contribution in [0.4, 0.5) is 10.1 Å². The van der Waals surface area contributed by atoms with Gasteiger partial charge in [0.15, 0.2) is 5.78 Å². The molecule has 0 spiro atoms. The molecule has 2 N–H and O–H groups in total. The molecule has 7 heteroatoms. The Balaban J connectivity index is 1.58. The number of ketones is 1. The Morgan fingerprint density at radius 3 is 2.48 bits per heavy atom. The molecule has 0 amide bonds. The zero-order valence-electron chi connectivity index (χ0n) is 17.5. The first kappa shape index (κ1) is 19.9. The molecule has 2 aromatic carbocycles. The number of likely N-dealkylation sites (N-methyl/N-ethyl adjacent to an activating group) is 1. The lowest BCUT2D eigenvalue weighted by Crippen LogP contribution is -2.44. The van der Waals surface area contributed by atoms with Gasteiger partial charge >= 0.3 is 0 Å². The van der Waals surface area contributed by atoms with Crippen LogP contribution in [-0.2, 0) is 6.54 Å². The van der Waals surface area contributed by atoms with E-state index in [4.69, 9.17) is 5.73 Å². The number of nitrogens with two attached hydrogens (primary N) is 1. The maximum atomic E-state index is 13.9. The zero-order chi connectivity index (χ0) is 21.7. The van der Waals surface area contributed by atoms with E-state index >= 15 is 0 Å². The van der Waals surface area contributed by atoms with E-state index in [1.165, 1.54) is 12.1 Å². The number of aromatic nitrogens is 1. The van der Waals surface area contributed by atoms with Crippen molar-refractivity contribution in [2.45, 2.75) is 13.0 Å². The molecular formula is C24H25FN4O2.